The fourth-order valence-electron chi connectivity index (χ4n) is 1.74. The first-order chi connectivity index (χ1) is 8.11. The van der Waals surface area contributed by atoms with E-state index in [1.165, 1.54) is 0 Å². The summed E-state index contributed by atoms with van der Waals surface area (Å²) in [4.78, 5) is 0. The lowest BCUT2D eigenvalue weighted by Gasteiger charge is -2.14. The zero-order valence-corrected chi connectivity index (χ0v) is 11.7. The summed E-state index contributed by atoms with van der Waals surface area (Å²) in [6, 6.07) is 3.89. The second-order valence-corrected chi connectivity index (χ2v) is 4.85. The summed E-state index contributed by atoms with van der Waals surface area (Å²) in [5.41, 5.74) is 0.866. The Morgan fingerprint density at radius 2 is 2.24 bits per heavy atom. The second-order valence-electron chi connectivity index (χ2n) is 3.99. The van der Waals surface area contributed by atoms with Crippen molar-refractivity contribution in [3.05, 3.63) is 22.8 Å². The van der Waals surface area contributed by atoms with Gasteiger partial charge >= 0.3 is 0 Å². The van der Waals surface area contributed by atoms with Gasteiger partial charge in [0.2, 0.25) is 0 Å². The van der Waals surface area contributed by atoms with E-state index in [4.69, 9.17) is 9.47 Å². The Kier molecular flexibility index (Phi) is 3.69. The Morgan fingerprint density at radius 1 is 1.47 bits per heavy atom. The number of benzene rings is 1. The van der Waals surface area contributed by atoms with Gasteiger partial charge in [0, 0.05) is 30.2 Å². The van der Waals surface area contributed by atoms with Crippen LogP contribution in [0.15, 0.2) is 22.8 Å². The molecule has 1 aromatic carbocycles. The lowest BCUT2D eigenvalue weighted by molar-refractivity contribution is 0.0929. The average Bonchev–Trinajstić information content (AvgIpc) is 2.66. The number of aromatic nitrogens is 2. The van der Waals surface area contributed by atoms with E-state index in [2.05, 4.69) is 21.0 Å². The predicted octanol–water partition coefficient (Wildman–Crippen LogP) is 2.75. The van der Waals surface area contributed by atoms with E-state index in [1.807, 2.05) is 32.3 Å². The number of rotatable bonds is 4. The van der Waals surface area contributed by atoms with Crippen LogP contribution in [0.4, 0.5) is 0 Å². The van der Waals surface area contributed by atoms with Crippen LogP contribution in [0.5, 0.6) is 5.75 Å². The number of fused-ring (bicyclic) bond motifs is 1. The van der Waals surface area contributed by atoms with Crippen molar-refractivity contribution in [2.75, 3.05) is 13.7 Å². The summed E-state index contributed by atoms with van der Waals surface area (Å²) in [5.74, 6) is 0.786. The SMILES string of the molecule is COC[C@H](C)Oc1ccc(Br)c2cn(C)nc12. The molecule has 0 fully saturated rings. The first kappa shape index (κ1) is 12.4. The van der Waals surface area contributed by atoms with Gasteiger partial charge in [-0.3, -0.25) is 4.68 Å². The van der Waals surface area contributed by atoms with Gasteiger partial charge in [0.05, 0.1) is 6.61 Å². The van der Waals surface area contributed by atoms with Crippen molar-refractivity contribution in [3.8, 4) is 5.75 Å². The van der Waals surface area contributed by atoms with Crippen molar-refractivity contribution in [3.63, 3.8) is 0 Å². The zero-order chi connectivity index (χ0) is 12.4. The lowest BCUT2D eigenvalue weighted by atomic mass is 10.2. The van der Waals surface area contributed by atoms with Crippen LogP contribution < -0.4 is 4.74 Å². The molecule has 1 atom stereocenters. The number of ether oxygens (including phenoxy) is 2. The van der Waals surface area contributed by atoms with Crippen LogP contribution in [-0.2, 0) is 11.8 Å². The molecular weight excluding hydrogens is 284 g/mol. The average molecular weight is 299 g/mol. The predicted molar refractivity (Wildman–Crippen MR) is 70.4 cm³/mol. The first-order valence-corrected chi connectivity index (χ1v) is 6.18. The van der Waals surface area contributed by atoms with E-state index in [0.717, 1.165) is 21.1 Å². The molecule has 0 saturated carbocycles. The number of halogens is 1. The third-order valence-corrected chi connectivity index (χ3v) is 3.12. The van der Waals surface area contributed by atoms with Gasteiger partial charge in [-0.2, -0.15) is 5.10 Å². The van der Waals surface area contributed by atoms with Crippen LogP contribution >= 0.6 is 15.9 Å². The second kappa shape index (κ2) is 5.06. The number of methoxy groups -OCH3 is 1. The van der Waals surface area contributed by atoms with E-state index in [1.54, 1.807) is 11.8 Å². The van der Waals surface area contributed by atoms with Crippen LogP contribution in [0.25, 0.3) is 10.9 Å². The van der Waals surface area contributed by atoms with E-state index >= 15 is 0 Å². The highest BCUT2D eigenvalue weighted by Crippen LogP contribution is 2.30. The molecule has 17 heavy (non-hydrogen) atoms. The Labute approximate surface area is 109 Å². The van der Waals surface area contributed by atoms with Gasteiger partial charge in [-0.15, -0.1) is 0 Å². The quantitative estimate of drug-likeness (QED) is 0.871. The van der Waals surface area contributed by atoms with E-state index in [9.17, 15) is 0 Å². The Hall–Kier alpha value is -1.07. The fourth-order valence-corrected chi connectivity index (χ4v) is 2.17. The van der Waals surface area contributed by atoms with Crippen LogP contribution in [0.1, 0.15) is 6.92 Å². The number of aryl methyl sites for hydroxylation is 1. The molecule has 2 aromatic rings. The van der Waals surface area contributed by atoms with Crippen LogP contribution in [-0.4, -0.2) is 29.6 Å². The van der Waals surface area contributed by atoms with E-state index < -0.39 is 0 Å². The normalized spacial score (nSPS) is 12.9. The minimum absolute atomic E-state index is 0.00591. The number of nitrogens with zero attached hydrogens (tertiary/aromatic N) is 2. The molecule has 0 N–H and O–H groups in total. The number of hydrogen-bond acceptors (Lipinski definition) is 3. The summed E-state index contributed by atoms with van der Waals surface area (Å²) in [5, 5.41) is 5.46. The summed E-state index contributed by atoms with van der Waals surface area (Å²) < 4.78 is 13.7. The molecule has 4 nitrogen and oxygen atoms in total. The number of hydrogen-bond donors (Lipinski definition) is 0. The maximum absolute atomic E-state index is 5.81. The van der Waals surface area contributed by atoms with Crippen molar-refractivity contribution in [2.24, 2.45) is 7.05 Å². The molecular formula is C12H15BrN2O2. The molecule has 0 amide bonds. The summed E-state index contributed by atoms with van der Waals surface area (Å²) in [6.07, 6.45) is 1.97. The Morgan fingerprint density at radius 3 is 2.94 bits per heavy atom. The zero-order valence-electron chi connectivity index (χ0n) is 10.1. The standard InChI is InChI=1S/C12H15BrN2O2/c1-8(7-16-3)17-11-5-4-10(13)9-6-15(2)14-12(9)11/h4-6,8H,7H2,1-3H3/t8-/m0/s1. The summed E-state index contributed by atoms with van der Waals surface area (Å²) >= 11 is 3.51. The largest absolute Gasteiger partial charge is 0.486 e. The highest BCUT2D eigenvalue weighted by atomic mass is 79.9. The third kappa shape index (κ3) is 2.61. The Balaban J connectivity index is 2.37. The van der Waals surface area contributed by atoms with Crippen molar-refractivity contribution < 1.29 is 9.47 Å². The topological polar surface area (TPSA) is 36.3 Å². The Bertz CT molecular complexity index is 524. The van der Waals surface area contributed by atoms with E-state index in [0.29, 0.717) is 6.61 Å². The van der Waals surface area contributed by atoms with Gasteiger partial charge in [0.15, 0.2) is 0 Å². The van der Waals surface area contributed by atoms with Crippen LogP contribution in [0, 0.1) is 0 Å². The van der Waals surface area contributed by atoms with Crippen molar-refractivity contribution in [1.82, 2.24) is 9.78 Å². The molecule has 0 saturated heterocycles. The highest BCUT2D eigenvalue weighted by Gasteiger charge is 2.12. The molecule has 5 heteroatoms. The molecule has 0 radical (unpaired) electrons. The van der Waals surface area contributed by atoms with Gasteiger partial charge < -0.3 is 9.47 Å². The van der Waals surface area contributed by atoms with Crippen LogP contribution in [0.2, 0.25) is 0 Å². The molecule has 0 aliphatic heterocycles. The van der Waals surface area contributed by atoms with Crippen LogP contribution in [0.3, 0.4) is 0 Å². The fraction of sp³-hybridized carbons (Fsp3) is 0.417. The highest BCUT2D eigenvalue weighted by molar-refractivity contribution is 9.10. The lowest BCUT2D eigenvalue weighted by Crippen LogP contribution is -2.18. The molecule has 0 bridgehead atoms. The minimum Gasteiger partial charge on any atom is -0.486 e. The van der Waals surface area contributed by atoms with E-state index in [-0.39, 0.29) is 6.10 Å². The van der Waals surface area contributed by atoms with Gasteiger partial charge in [-0.1, -0.05) is 15.9 Å². The summed E-state index contributed by atoms with van der Waals surface area (Å²) in [7, 11) is 3.56. The van der Waals surface area contributed by atoms with Crippen molar-refractivity contribution >= 4 is 26.8 Å². The smallest absolute Gasteiger partial charge is 0.148 e. The monoisotopic (exact) mass is 298 g/mol. The molecule has 92 valence electrons. The van der Waals surface area contributed by atoms with Crippen molar-refractivity contribution in [2.45, 2.75) is 13.0 Å². The molecule has 1 heterocycles. The maximum Gasteiger partial charge on any atom is 0.148 e. The van der Waals surface area contributed by atoms with Gasteiger partial charge in [-0.05, 0) is 19.1 Å². The van der Waals surface area contributed by atoms with Gasteiger partial charge in [0.1, 0.15) is 17.4 Å². The molecule has 0 unspecified atom stereocenters. The molecule has 0 aliphatic rings. The molecule has 1 aromatic heterocycles. The third-order valence-electron chi connectivity index (χ3n) is 2.43. The first-order valence-electron chi connectivity index (χ1n) is 5.39. The summed E-state index contributed by atoms with van der Waals surface area (Å²) in [6.45, 7) is 2.53. The minimum atomic E-state index is 0.00591. The van der Waals surface area contributed by atoms with Gasteiger partial charge in [0.25, 0.3) is 0 Å². The maximum atomic E-state index is 5.81. The molecule has 0 aliphatic carbocycles. The van der Waals surface area contributed by atoms with Crippen molar-refractivity contribution in [1.29, 1.82) is 0 Å². The molecule has 0 spiro atoms. The van der Waals surface area contributed by atoms with Gasteiger partial charge in [-0.25, -0.2) is 0 Å². The molecule has 2 rings (SSSR count).